The Bertz CT molecular complexity index is 803. The SMILES string of the molecule is FC(F)(F)c1ccccc1Oc1nc(Cl)nc2sccc12. The Morgan fingerprint density at radius 1 is 1.10 bits per heavy atom. The lowest BCUT2D eigenvalue weighted by Gasteiger charge is -2.13. The van der Waals surface area contributed by atoms with Crippen LogP contribution in [0.3, 0.4) is 0 Å². The van der Waals surface area contributed by atoms with Crippen LogP contribution in [0.5, 0.6) is 11.6 Å². The monoisotopic (exact) mass is 330 g/mol. The topological polar surface area (TPSA) is 35.0 Å². The quantitative estimate of drug-likeness (QED) is 0.609. The lowest BCUT2D eigenvalue weighted by atomic mass is 10.2. The molecule has 108 valence electrons. The molecule has 3 nitrogen and oxygen atoms in total. The first-order chi connectivity index (χ1) is 9.95. The fourth-order valence-electron chi connectivity index (χ4n) is 1.78. The van der Waals surface area contributed by atoms with Gasteiger partial charge in [-0.1, -0.05) is 12.1 Å². The predicted molar refractivity (Wildman–Crippen MR) is 73.9 cm³/mol. The summed E-state index contributed by atoms with van der Waals surface area (Å²) in [6, 6.07) is 6.60. The zero-order chi connectivity index (χ0) is 15.0. The highest BCUT2D eigenvalue weighted by Gasteiger charge is 2.34. The Labute approximate surface area is 126 Å². The standard InChI is InChI=1S/C13H6ClF3N2OS/c14-12-18-10(7-5-6-21-11(7)19-12)20-9-4-2-1-3-8(9)13(15,16)17/h1-6H. The van der Waals surface area contributed by atoms with E-state index in [0.717, 1.165) is 6.07 Å². The summed E-state index contributed by atoms with van der Waals surface area (Å²) in [5.74, 6) is -0.324. The molecule has 0 aliphatic carbocycles. The summed E-state index contributed by atoms with van der Waals surface area (Å²) >= 11 is 7.06. The molecule has 0 saturated heterocycles. The smallest absolute Gasteiger partial charge is 0.419 e. The van der Waals surface area contributed by atoms with Crippen LogP contribution in [0.15, 0.2) is 35.7 Å². The van der Waals surface area contributed by atoms with Crippen molar-refractivity contribution >= 4 is 33.2 Å². The molecule has 0 amide bonds. The van der Waals surface area contributed by atoms with Gasteiger partial charge in [0.15, 0.2) is 0 Å². The highest BCUT2D eigenvalue weighted by atomic mass is 35.5. The van der Waals surface area contributed by atoms with Crippen LogP contribution in [0.4, 0.5) is 13.2 Å². The molecule has 0 unspecified atom stereocenters. The molecule has 0 radical (unpaired) electrons. The molecule has 3 aromatic rings. The van der Waals surface area contributed by atoms with Crippen molar-refractivity contribution in [2.24, 2.45) is 0 Å². The maximum Gasteiger partial charge on any atom is 0.419 e. The van der Waals surface area contributed by atoms with Crippen molar-refractivity contribution < 1.29 is 17.9 Å². The number of para-hydroxylation sites is 1. The van der Waals surface area contributed by atoms with E-state index in [2.05, 4.69) is 9.97 Å². The molecule has 8 heteroatoms. The third kappa shape index (κ3) is 2.79. The first-order valence-electron chi connectivity index (χ1n) is 5.70. The van der Waals surface area contributed by atoms with E-state index >= 15 is 0 Å². The maximum absolute atomic E-state index is 12.9. The van der Waals surface area contributed by atoms with Crippen molar-refractivity contribution in [2.45, 2.75) is 6.18 Å². The van der Waals surface area contributed by atoms with E-state index in [1.165, 1.54) is 29.5 Å². The van der Waals surface area contributed by atoms with Crippen molar-refractivity contribution in [3.05, 3.63) is 46.6 Å². The van der Waals surface area contributed by atoms with Crippen molar-refractivity contribution in [2.75, 3.05) is 0 Å². The maximum atomic E-state index is 12.9. The molecule has 0 fully saturated rings. The molecule has 21 heavy (non-hydrogen) atoms. The molecule has 0 N–H and O–H groups in total. The summed E-state index contributed by atoms with van der Waals surface area (Å²) in [6.07, 6.45) is -4.51. The third-order valence-electron chi connectivity index (χ3n) is 2.66. The molecular formula is C13H6ClF3N2OS. The van der Waals surface area contributed by atoms with Crippen molar-refractivity contribution in [1.82, 2.24) is 9.97 Å². The largest absolute Gasteiger partial charge is 0.438 e. The van der Waals surface area contributed by atoms with Gasteiger partial charge in [-0.05, 0) is 35.2 Å². The van der Waals surface area contributed by atoms with Gasteiger partial charge in [-0.2, -0.15) is 18.2 Å². The molecule has 0 spiro atoms. The lowest BCUT2D eigenvalue weighted by Crippen LogP contribution is -2.07. The Kier molecular flexibility index (Phi) is 3.46. The van der Waals surface area contributed by atoms with E-state index in [0.29, 0.717) is 10.2 Å². The zero-order valence-electron chi connectivity index (χ0n) is 10.2. The van der Waals surface area contributed by atoms with Gasteiger partial charge in [0.25, 0.3) is 0 Å². The minimum Gasteiger partial charge on any atom is -0.438 e. The Morgan fingerprint density at radius 2 is 1.86 bits per heavy atom. The minimum absolute atomic E-state index is 0.00273. The van der Waals surface area contributed by atoms with Crippen LogP contribution in [0.2, 0.25) is 5.28 Å². The van der Waals surface area contributed by atoms with Gasteiger partial charge in [0, 0.05) is 0 Å². The molecule has 0 saturated carbocycles. The van der Waals surface area contributed by atoms with Gasteiger partial charge in [-0.25, -0.2) is 4.98 Å². The number of thiophene rings is 1. The second-order valence-electron chi connectivity index (χ2n) is 4.03. The summed E-state index contributed by atoms with van der Waals surface area (Å²) in [5.41, 5.74) is -0.872. The van der Waals surface area contributed by atoms with E-state index in [4.69, 9.17) is 16.3 Å². The molecule has 0 aliphatic rings. The number of alkyl halides is 3. The zero-order valence-corrected chi connectivity index (χ0v) is 11.8. The first kappa shape index (κ1) is 14.1. The number of fused-ring (bicyclic) bond motifs is 1. The summed E-state index contributed by atoms with van der Waals surface area (Å²) < 4.78 is 44.2. The Hall–Kier alpha value is -1.86. The van der Waals surface area contributed by atoms with Crippen LogP contribution in [-0.2, 0) is 6.18 Å². The van der Waals surface area contributed by atoms with Crippen LogP contribution in [0, 0.1) is 0 Å². The number of rotatable bonds is 2. The number of hydrogen-bond donors (Lipinski definition) is 0. The molecule has 1 aromatic carbocycles. The van der Waals surface area contributed by atoms with Gasteiger partial charge in [-0.3, -0.25) is 0 Å². The highest BCUT2D eigenvalue weighted by Crippen LogP contribution is 2.39. The average molecular weight is 331 g/mol. The molecular weight excluding hydrogens is 325 g/mol. The van der Waals surface area contributed by atoms with Crippen molar-refractivity contribution in [1.29, 1.82) is 0 Å². The number of hydrogen-bond acceptors (Lipinski definition) is 4. The summed E-state index contributed by atoms with van der Waals surface area (Å²) in [6.45, 7) is 0. The number of halogens is 4. The molecule has 0 atom stereocenters. The molecule has 3 rings (SSSR count). The predicted octanol–water partition coefficient (Wildman–Crippen LogP) is 5.16. The van der Waals surface area contributed by atoms with Crippen LogP contribution < -0.4 is 4.74 Å². The number of nitrogens with zero attached hydrogens (tertiary/aromatic N) is 2. The summed E-state index contributed by atoms with van der Waals surface area (Å²) in [7, 11) is 0. The molecule has 0 aliphatic heterocycles. The van der Waals surface area contributed by atoms with Gasteiger partial charge in [0.2, 0.25) is 11.2 Å². The van der Waals surface area contributed by atoms with Crippen LogP contribution in [-0.4, -0.2) is 9.97 Å². The van der Waals surface area contributed by atoms with E-state index in [1.54, 1.807) is 11.4 Å². The Balaban J connectivity index is 2.09. The van der Waals surface area contributed by atoms with E-state index < -0.39 is 11.7 Å². The van der Waals surface area contributed by atoms with Crippen molar-refractivity contribution in [3.63, 3.8) is 0 Å². The number of benzene rings is 1. The Morgan fingerprint density at radius 3 is 2.62 bits per heavy atom. The molecule has 0 bridgehead atoms. The minimum atomic E-state index is -4.51. The lowest BCUT2D eigenvalue weighted by molar-refractivity contribution is -0.138. The van der Waals surface area contributed by atoms with Gasteiger partial charge < -0.3 is 4.74 Å². The van der Waals surface area contributed by atoms with Gasteiger partial charge in [-0.15, -0.1) is 11.3 Å². The summed E-state index contributed by atoms with van der Waals surface area (Å²) in [4.78, 5) is 8.39. The normalized spacial score (nSPS) is 11.8. The van der Waals surface area contributed by atoms with Crippen LogP contribution >= 0.6 is 22.9 Å². The first-order valence-corrected chi connectivity index (χ1v) is 6.96. The van der Waals surface area contributed by atoms with E-state index in [1.807, 2.05) is 0 Å². The molecule has 2 aromatic heterocycles. The average Bonchev–Trinajstić information content (AvgIpc) is 2.86. The van der Waals surface area contributed by atoms with Gasteiger partial charge >= 0.3 is 6.18 Å². The summed E-state index contributed by atoms with van der Waals surface area (Å²) in [5, 5.41) is 2.17. The third-order valence-corrected chi connectivity index (χ3v) is 3.64. The second-order valence-corrected chi connectivity index (χ2v) is 5.27. The van der Waals surface area contributed by atoms with E-state index in [9.17, 15) is 13.2 Å². The van der Waals surface area contributed by atoms with Crippen LogP contribution in [0.1, 0.15) is 5.56 Å². The van der Waals surface area contributed by atoms with Gasteiger partial charge in [0.05, 0.1) is 10.9 Å². The number of aromatic nitrogens is 2. The highest BCUT2D eigenvalue weighted by molar-refractivity contribution is 7.16. The fourth-order valence-corrected chi connectivity index (χ4v) is 2.74. The van der Waals surface area contributed by atoms with E-state index in [-0.39, 0.29) is 16.9 Å². The molecule has 2 heterocycles. The fraction of sp³-hybridized carbons (Fsp3) is 0.0769. The second kappa shape index (κ2) is 5.16. The van der Waals surface area contributed by atoms with Crippen molar-refractivity contribution in [3.8, 4) is 11.6 Å². The van der Waals surface area contributed by atoms with Crippen LogP contribution in [0.25, 0.3) is 10.2 Å². The van der Waals surface area contributed by atoms with Gasteiger partial charge in [0.1, 0.15) is 10.6 Å². The number of ether oxygens (including phenoxy) is 1.